The summed E-state index contributed by atoms with van der Waals surface area (Å²) in [5, 5.41) is 0.0589. The molecule has 1 N–H and O–H groups in total. The van der Waals surface area contributed by atoms with Gasteiger partial charge >= 0.3 is 10.2 Å². The summed E-state index contributed by atoms with van der Waals surface area (Å²) in [6.45, 7) is 2.21. The van der Waals surface area contributed by atoms with Gasteiger partial charge in [-0.2, -0.15) is 8.42 Å². The molecule has 1 aliphatic heterocycles. The van der Waals surface area contributed by atoms with E-state index in [9.17, 15) is 17.6 Å². The van der Waals surface area contributed by atoms with Gasteiger partial charge in [0.2, 0.25) is 0 Å². The highest BCUT2D eigenvalue weighted by molar-refractivity contribution is 7.91. The van der Waals surface area contributed by atoms with Gasteiger partial charge in [0.15, 0.2) is 0 Å². The number of aryl methyl sites for hydroxylation is 1. The van der Waals surface area contributed by atoms with E-state index in [1.165, 1.54) is 4.31 Å². The third kappa shape index (κ3) is 4.71. The number of rotatable bonds is 6. The van der Waals surface area contributed by atoms with Crippen LogP contribution in [0.5, 0.6) is 5.75 Å². The van der Waals surface area contributed by atoms with Crippen LogP contribution in [0.3, 0.4) is 0 Å². The molecule has 0 spiro atoms. The van der Waals surface area contributed by atoms with Gasteiger partial charge in [-0.25, -0.2) is 9.11 Å². The van der Waals surface area contributed by atoms with Crippen LogP contribution in [0.2, 0.25) is 5.02 Å². The molecule has 0 aromatic heterocycles. The smallest absolute Gasteiger partial charge is 0.326 e. The van der Waals surface area contributed by atoms with Crippen LogP contribution in [-0.2, 0) is 16.6 Å². The van der Waals surface area contributed by atoms with Crippen LogP contribution in [0.1, 0.15) is 54.9 Å². The van der Waals surface area contributed by atoms with Crippen LogP contribution in [-0.4, -0.2) is 27.0 Å². The van der Waals surface area contributed by atoms with Gasteiger partial charge in [-0.3, -0.25) is 9.10 Å². The van der Waals surface area contributed by atoms with Gasteiger partial charge in [-0.1, -0.05) is 42.6 Å². The van der Waals surface area contributed by atoms with Gasteiger partial charge < -0.3 is 4.74 Å². The molecule has 32 heavy (non-hydrogen) atoms. The van der Waals surface area contributed by atoms with Gasteiger partial charge in [-0.05, 0) is 56.2 Å². The Morgan fingerprint density at radius 1 is 1.22 bits per heavy atom. The maximum absolute atomic E-state index is 14.7. The Labute approximate surface area is 192 Å². The van der Waals surface area contributed by atoms with Crippen molar-refractivity contribution in [3.63, 3.8) is 0 Å². The fraction of sp³-hybridized carbons (Fsp3) is 0.435. The number of carbonyl (C=O) groups excluding carboxylic acids is 1. The first-order valence-corrected chi connectivity index (χ1v) is 12.6. The molecule has 1 atom stereocenters. The summed E-state index contributed by atoms with van der Waals surface area (Å²) < 4.78 is 49.7. The first-order valence-electron chi connectivity index (χ1n) is 10.8. The second kappa shape index (κ2) is 9.27. The van der Waals surface area contributed by atoms with Crippen LogP contribution in [0, 0.1) is 11.7 Å². The Balaban J connectivity index is 1.52. The number of carbonyl (C=O) groups is 1. The minimum atomic E-state index is -4.26. The van der Waals surface area contributed by atoms with Gasteiger partial charge in [0.25, 0.3) is 5.91 Å². The molecule has 1 amide bonds. The van der Waals surface area contributed by atoms with Crippen molar-refractivity contribution in [3.05, 3.63) is 58.4 Å². The lowest BCUT2D eigenvalue weighted by atomic mass is 9.99. The number of hydrogen-bond acceptors (Lipinski definition) is 4. The van der Waals surface area contributed by atoms with Crippen LogP contribution in [0.4, 0.5) is 10.1 Å². The van der Waals surface area contributed by atoms with Crippen molar-refractivity contribution in [1.82, 2.24) is 4.72 Å². The highest BCUT2D eigenvalue weighted by Crippen LogP contribution is 2.33. The van der Waals surface area contributed by atoms with E-state index in [4.69, 9.17) is 16.3 Å². The third-order valence-electron chi connectivity index (χ3n) is 6.16. The number of hydrogen-bond donors (Lipinski definition) is 1. The molecule has 2 aliphatic rings. The van der Waals surface area contributed by atoms with Crippen LogP contribution >= 0.6 is 11.6 Å². The predicted molar refractivity (Wildman–Crippen MR) is 122 cm³/mol. The molecule has 2 aromatic carbocycles. The number of halogens is 2. The second-order valence-corrected chi connectivity index (χ2v) is 10.4. The van der Waals surface area contributed by atoms with Gasteiger partial charge in [0.05, 0.1) is 22.9 Å². The molecule has 172 valence electrons. The molecule has 1 aliphatic carbocycles. The van der Waals surface area contributed by atoms with E-state index in [1.54, 1.807) is 19.1 Å². The number of amides is 1. The average Bonchev–Trinajstić information content (AvgIpc) is 3.27. The summed E-state index contributed by atoms with van der Waals surface area (Å²) in [6.07, 6.45) is 5.80. The van der Waals surface area contributed by atoms with E-state index in [-0.39, 0.29) is 16.8 Å². The zero-order chi connectivity index (χ0) is 22.9. The largest absolute Gasteiger partial charge is 0.492 e. The summed E-state index contributed by atoms with van der Waals surface area (Å²) in [5.74, 6) is -1.41. The lowest BCUT2D eigenvalue weighted by Gasteiger charge is -2.35. The van der Waals surface area contributed by atoms with Gasteiger partial charge in [-0.15, -0.1) is 0 Å². The Bertz CT molecular complexity index is 1120. The van der Waals surface area contributed by atoms with E-state index in [2.05, 4.69) is 0 Å². The molecule has 0 saturated heterocycles. The molecule has 1 heterocycles. The SMILES string of the molecule is C[C@@H]1CCc2ccccc2N1S(=O)(=O)NC(=O)c1cc(Cl)c(OCC2CCCC2)cc1F. The number of anilines is 1. The summed E-state index contributed by atoms with van der Waals surface area (Å²) in [4.78, 5) is 12.7. The third-order valence-corrected chi connectivity index (χ3v) is 7.97. The number of benzene rings is 2. The molecule has 9 heteroatoms. The van der Waals surface area contributed by atoms with Crippen molar-refractivity contribution in [2.45, 2.75) is 51.5 Å². The van der Waals surface area contributed by atoms with Crippen LogP contribution in [0.25, 0.3) is 0 Å². The number of fused-ring (bicyclic) bond motifs is 1. The first kappa shape index (κ1) is 22.9. The molecular weight excluding hydrogens is 455 g/mol. The van der Waals surface area contributed by atoms with Crippen molar-refractivity contribution in [1.29, 1.82) is 0 Å². The van der Waals surface area contributed by atoms with E-state index < -0.39 is 27.5 Å². The normalized spacial score (nSPS) is 19.0. The standard InChI is InChI=1S/C23H26ClFN2O4S/c1-15-10-11-17-8-4-5-9-21(17)27(15)32(29,30)26-23(28)18-12-19(24)22(13-20(18)25)31-14-16-6-2-3-7-16/h4-5,8-9,12-13,15-16H,2-3,6-7,10-11,14H2,1H3,(H,26,28)/t15-/m1/s1. The quantitative estimate of drug-likeness (QED) is 0.640. The van der Waals surface area contributed by atoms with Crippen LogP contribution in [0.15, 0.2) is 36.4 Å². The van der Waals surface area contributed by atoms with Gasteiger partial charge in [0.1, 0.15) is 11.6 Å². The summed E-state index contributed by atoms with van der Waals surface area (Å²) >= 11 is 6.21. The lowest BCUT2D eigenvalue weighted by Crippen LogP contribution is -2.49. The van der Waals surface area contributed by atoms with E-state index in [0.29, 0.717) is 24.6 Å². The lowest BCUT2D eigenvalue weighted by molar-refractivity contribution is 0.0977. The summed E-state index contributed by atoms with van der Waals surface area (Å²) in [5.41, 5.74) is 0.937. The predicted octanol–water partition coefficient (Wildman–Crippen LogP) is 4.86. The van der Waals surface area contributed by atoms with E-state index in [1.807, 2.05) is 16.9 Å². The van der Waals surface area contributed by atoms with Crippen molar-refractivity contribution in [3.8, 4) is 5.75 Å². The zero-order valence-corrected chi connectivity index (χ0v) is 19.4. The topological polar surface area (TPSA) is 75.7 Å². The average molecular weight is 481 g/mol. The van der Waals surface area contributed by atoms with Crippen LogP contribution < -0.4 is 13.8 Å². The summed E-state index contributed by atoms with van der Waals surface area (Å²) in [7, 11) is -4.26. The van der Waals surface area contributed by atoms with Crippen molar-refractivity contribution >= 4 is 33.4 Å². The maximum atomic E-state index is 14.7. The molecule has 0 unspecified atom stereocenters. The van der Waals surface area contributed by atoms with Crippen molar-refractivity contribution in [2.24, 2.45) is 5.92 Å². The number of nitrogens with one attached hydrogen (secondary N) is 1. The number of para-hydroxylation sites is 1. The molecule has 1 saturated carbocycles. The highest BCUT2D eigenvalue weighted by Gasteiger charge is 2.34. The maximum Gasteiger partial charge on any atom is 0.326 e. The van der Waals surface area contributed by atoms with E-state index in [0.717, 1.165) is 49.8 Å². The number of ether oxygens (including phenoxy) is 1. The molecule has 0 bridgehead atoms. The zero-order valence-electron chi connectivity index (χ0n) is 17.8. The van der Waals surface area contributed by atoms with Gasteiger partial charge in [0, 0.05) is 12.1 Å². The highest BCUT2D eigenvalue weighted by atomic mass is 35.5. The minimum absolute atomic E-state index is 0.0589. The molecule has 1 fully saturated rings. The summed E-state index contributed by atoms with van der Waals surface area (Å²) in [6, 6.07) is 8.93. The Kier molecular flexibility index (Phi) is 6.62. The molecule has 0 radical (unpaired) electrons. The molecular formula is C23H26ClFN2O4S. The van der Waals surface area contributed by atoms with E-state index >= 15 is 0 Å². The Hall–Kier alpha value is -2.32. The first-order chi connectivity index (χ1) is 15.3. The van der Waals surface area contributed by atoms with Crippen molar-refractivity contribution in [2.75, 3.05) is 10.9 Å². The Morgan fingerprint density at radius 3 is 2.69 bits per heavy atom. The minimum Gasteiger partial charge on any atom is -0.492 e. The molecule has 6 nitrogen and oxygen atoms in total. The monoisotopic (exact) mass is 480 g/mol. The van der Waals surface area contributed by atoms with Crippen molar-refractivity contribution < 1.29 is 22.3 Å². The number of nitrogens with zero attached hydrogens (tertiary/aromatic N) is 1. The molecule has 2 aromatic rings. The Morgan fingerprint density at radius 2 is 1.94 bits per heavy atom. The fourth-order valence-corrected chi connectivity index (χ4v) is 6.12. The molecule has 4 rings (SSSR count). The fourth-order valence-electron chi connectivity index (χ4n) is 4.44. The second-order valence-electron chi connectivity index (χ2n) is 8.47.